The largest absolute Gasteiger partial charge is 0.385 e. The first-order valence-corrected chi connectivity index (χ1v) is 6.13. The van der Waals surface area contributed by atoms with Crippen LogP contribution in [0.3, 0.4) is 0 Å². The van der Waals surface area contributed by atoms with Crippen LogP contribution in [0.25, 0.3) is 0 Å². The normalized spacial score (nSPS) is 12.4. The second kappa shape index (κ2) is 7.46. The van der Waals surface area contributed by atoms with Gasteiger partial charge in [0.25, 0.3) is 0 Å². The third-order valence-corrected chi connectivity index (χ3v) is 3.01. The predicted octanol–water partition coefficient (Wildman–Crippen LogP) is 2.34. The topological polar surface area (TPSA) is 52.3 Å². The summed E-state index contributed by atoms with van der Waals surface area (Å²) in [6.07, 6.45) is 1.44. The molecule has 0 aliphatic carbocycles. The number of carbonyl (C=O) groups is 1. The fraction of sp³-hybridized carbons (Fsp3) is 0.462. The number of hydrogen-bond acceptors (Lipinski definition) is 3. The number of halogens is 2. The van der Waals surface area contributed by atoms with Crippen molar-refractivity contribution < 1.29 is 13.9 Å². The first kappa shape index (κ1) is 15.1. The maximum atomic E-state index is 12.8. The lowest BCUT2D eigenvalue weighted by Gasteiger charge is -2.11. The summed E-state index contributed by atoms with van der Waals surface area (Å²) in [7, 11) is 1.60. The first-order valence-electron chi connectivity index (χ1n) is 5.75. The Morgan fingerprint density at radius 2 is 2.28 bits per heavy atom. The zero-order valence-electron chi connectivity index (χ0n) is 10.3. The van der Waals surface area contributed by atoms with Gasteiger partial charge in [0.05, 0.1) is 6.04 Å². The number of nitrogens with two attached hydrogens (primary N) is 1. The summed E-state index contributed by atoms with van der Waals surface area (Å²) in [5, 5.41) is 0.257. The van der Waals surface area contributed by atoms with Crippen LogP contribution in [-0.4, -0.2) is 25.5 Å². The van der Waals surface area contributed by atoms with E-state index in [2.05, 4.69) is 0 Å². The molecule has 100 valence electrons. The van der Waals surface area contributed by atoms with Crippen molar-refractivity contribution in [1.29, 1.82) is 0 Å². The van der Waals surface area contributed by atoms with Crippen LogP contribution in [0.1, 0.15) is 18.4 Å². The van der Waals surface area contributed by atoms with Crippen LogP contribution in [-0.2, 0) is 16.0 Å². The average Bonchev–Trinajstić information content (AvgIpc) is 2.32. The van der Waals surface area contributed by atoms with Gasteiger partial charge < -0.3 is 10.5 Å². The van der Waals surface area contributed by atoms with E-state index in [1.165, 1.54) is 18.2 Å². The van der Waals surface area contributed by atoms with Crippen LogP contribution in [0, 0.1) is 5.82 Å². The van der Waals surface area contributed by atoms with Crippen molar-refractivity contribution in [2.75, 3.05) is 13.7 Å². The molecule has 0 saturated carbocycles. The third-order valence-electron chi connectivity index (χ3n) is 2.66. The van der Waals surface area contributed by atoms with Crippen LogP contribution >= 0.6 is 11.6 Å². The monoisotopic (exact) mass is 273 g/mol. The number of carbonyl (C=O) groups excluding carboxylic acids is 1. The predicted molar refractivity (Wildman–Crippen MR) is 69.2 cm³/mol. The highest BCUT2D eigenvalue weighted by Gasteiger charge is 2.15. The summed E-state index contributed by atoms with van der Waals surface area (Å²) >= 11 is 5.85. The highest BCUT2D eigenvalue weighted by molar-refractivity contribution is 6.31. The van der Waals surface area contributed by atoms with E-state index in [0.29, 0.717) is 18.6 Å². The minimum atomic E-state index is -0.527. The molecular weight excluding hydrogens is 257 g/mol. The van der Waals surface area contributed by atoms with Crippen molar-refractivity contribution in [3.8, 4) is 0 Å². The van der Waals surface area contributed by atoms with Crippen molar-refractivity contribution >= 4 is 17.4 Å². The number of rotatable bonds is 7. The summed E-state index contributed by atoms with van der Waals surface area (Å²) in [6, 6.07) is 3.46. The molecule has 5 heteroatoms. The van der Waals surface area contributed by atoms with E-state index in [0.717, 1.165) is 6.42 Å². The second-order valence-corrected chi connectivity index (χ2v) is 4.53. The van der Waals surface area contributed by atoms with E-state index in [-0.39, 0.29) is 17.2 Å². The molecule has 1 aromatic carbocycles. The van der Waals surface area contributed by atoms with Gasteiger partial charge in [0.15, 0.2) is 5.78 Å². The van der Waals surface area contributed by atoms with Crippen LogP contribution in [0.2, 0.25) is 5.02 Å². The van der Waals surface area contributed by atoms with Crippen molar-refractivity contribution in [3.05, 3.63) is 34.6 Å². The standard InChI is InChI=1S/C13H17ClFNO2/c1-18-6-2-3-12(16)13(17)7-9-4-5-10(15)8-11(9)14/h4-5,8,12H,2-3,6-7,16H2,1H3. The molecule has 0 aliphatic heterocycles. The van der Waals surface area contributed by atoms with E-state index < -0.39 is 11.9 Å². The van der Waals surface area contributed by atoms with Crippen LogP contribution < -0.4 is 5.73 Å². The van der Waals surface area contributed by atoms with Gasteiger partial charge in [-0.15, -0.1) is 0 Å². The highest BCUT2D eigenvalue weighted by atomic mass is 35.5. The molecule has 0 fully saturated rings. The quantitative estimate of drug-likeness (QED) is 0.776. The molecule has 0 radical (unpaired) electrons. The fourth-order valence-corrected chi connectivity index (χ4v) is 1.83. The van der Waals surface area contributed by atoms with Crippen molar-refractivity contribution in [2.24, 2.45) is 5.73 Å². The van der Waals surface area contributed by atoms with Crippen molar-refractivity contribution in [2.45, 2.75) is 25.3 Å². The molecule has 1 unspecified atom stereocenters. The summed E-state index contributed by atoms with van der Waals surface area (Å²) in [6.45, 7) is 0.582. The minimum absolute atomic E-state index is 0.0976. The summed E-state index contributed by atoms with van der Waals surface area (Å²) < 4.78 is 17.7. The zero-order chi connectivity index (χ0) is 13.5. The minimum Gasteiger partial charge on any atom is -0.385 e. The Morgan fingerprint density at radius 1 is 1.56 bits per heavy atom. The molecular formula is C13H17ClFNO2. The smallest absolute Gasteiger partial charge is 0.153 e. The number of Topliss-reactive ketones (excluding diaryl/α,β-unsaturated/α-hetero) is 1. The maximum Gasteiger partial charge on any atom is 0.153 e. The van der Waals surface area contributed by atoms with Crippen molar-refractivity contribution in [3.63, 3.8) is 0 Å². The molecule has 1 aromatic rings. The summed E-state index contributed by atoms with van der Waals surface area (Å²) in [5.74, 6) is -0.514. The number of hydrogen-bond donors (Lipinski definition) is 1. The number of ether oxygens (including phenoxy) is 1. The van der Waals surface area contributed by atoms with Crippen LogP contribution in [0.4, 0.5) is 4.39 Å². The molecule has 0 heterocycles. The Balaban J connectivity index is 2.53. The molecule has 0 saturated heterocycles. The van der Waals surface area contributed by atoms with E-state index in [1.54, 1.807) is 7.11 Å². The van der Waals surface area contributed by atoms with Gasteiger partial charge >= 0.3 is 0 Å². The van der Waals surface area contributed by atoms with Gasteiger partial charge in [0.1, 0.15) is 5.82 Å². The Kier molecular flexibility index (Phi) is 6.25. The lowest BCUT2D eigenvalue weighted by molar-refractivity contribution is -0.119. The lowest BCUT2D eigenvalue weighted by atomic mass is 10.0. The van der Waals surface area contributed by atoms with Gasteiger partial charge in [-0.2, -0.15) is 0 Å². The number of ketones is 1. The average molecular weight is 274 g/mol. The van der Waals surface area contributed by atoms with E-state index in [4.69, 9.17) is 22.1 Å². The molecule has 0 amide bonds. The molecule has 1 atom stereocenters. The van der Waals surface area contributed by atoms with Gasteiger partial charge in [-0.1, -0.05) is 17.7 Å². The molecule has 2 N–H and O–H groups in total. The molecule has 0 aliphatic rings. The molecule has 0 aromatic heterocycles. The Bertz CT molecular complexity index is 412. The number of benzene rings is 1. The van der Waals surface area contributed by atoms with Gasteiger partial charge in [0.2, 0.25) is 0 Å². The van der Waals surface area contributed by atoms with E-state index in [1.807, 2.05) is 0 Å². The number of methoxy groups -OCH3 is 1. The van der Waals surface area contributed by atoms with Crippen molar-refractivity contribution in [1.82, 2.24) is 0 Å². The van der Waals surface area contributed by atoms with Gasteiger partial charge in [-0.05, 0) is 30.5 Å². The van der Waals surface area contributed by atoms with Gasteiger partial charge in [-0.25, -0.2) is 4.39 Å². The Labute approximate surface area is 111 Å². The van der Waals surface area contributed by atoms with Crippen LogP contribution in [0.5, 0.6) is 0 Å². The van der Waals surface area contributed by atoms with Gasteiger partial charge in [0, 0.05) is 25.2 Å². The molecule has 0 spiro atoms. The Hall–Kier alpha value is -0.970. The Morgan fingerprint density at radius 3 is 2.89 bits per heavy atom. The lowest BCUT2D eigenvalue weighted by Crippen LogP contribution is -2.32. The molecule has 0 bridgehead atoms. The maximum absolute atomic E-state index is 12.8. The zero-order valence-corrected chi connectivity index (χ0v) is 11.0. The summed E-state index contributed by atoms with van der Waals surface area (Å²) in [5.41, 5.74) is 6.37. The van der Waals surface area contributed by atoms with E-state index >= 15 is 0 Å². The molecule has 18 heavy (non-hydrogen) atoms. The first-order chi connectivity index (χ1) is 8.54. The van der Waals surface area contributed by atoms with E-state index in [9.17, 15) is 9.18 Å². The van der Waals surface area contributed by atoms with Crippen LogP contribution in [0.15, 0.2) is 18.2 Å². The molecule has 1 rings (SSSR count). The SMILES string of the molecule is COCCCC(N)C(=O)Cc1ccc(F)cc1Cl. The second-order valence-electron chi connectivity index (χ2n) is 4.12. The van der Waals surface area contributed by atoms with Gasteiger partial charge in [-0.3, -0.25) is 4.79 Å². The third kappa shape index (κ3) is 4.72. The summed E-state index contributed by atoms with van der Waals surface area (Å²) in [4.78, 5) is 11.8. The molecule has 3 nitrogen and oxygen atoms in total. The highest BCUT2D eigenvalue weighted by Crippen LogP contribution is 2.18. The fourth-order valence-electron chi connectivity index (χ4n) is 1.59.